The van der Waals surface area contributed by atoms with Crippen molar-refractivity contribution in [2.75, 3.05) is 5.32 Å². The lowest BCUT2D eigenvalue weighted by molar-refractivity contribution is -0.114. The van der Waals surface area contributed by atoms with Gasteiger partial charge in [0.05, 0.1) is 5.56 Å². The van der Waals surface area contributed by atoms with Gasteiger partial charge in [-0.1, -0.05) is 12.1 Å². The number of rotatable bonds is 3. The van der Waals surface area contributed by atoms with Gasteiger partial charge in [0.25, 0.3) is 0 Å². The predicted octanol–water partition coefficient (Wildman–Crippen LogP) is 2.41. The molecule has 5 heteroatoms. The lowest BCUT2D eigenvalue weighted by Gasteiger charge is -2.08. The summed E-state index contributed by atoms with van der Waals surface area (Å²) in [5.74, 6) is -1.21. The molecule has 0 aliphatic carbocycles. The van der Waals surface area contributed by atoms with Crippen LogP contribution in [0, 0.1) is 0 Å². The number of carbonyl (C=O) groups is 2. The molecule has 19 heavy (non-hydrogen) atoms. The van der Waals surface area contributed by atoms with Crippen molar-refractivity contribution in [1.29, 1.82) is 0 Å². The second-order valence-corrected chi connectivity index (χ2v) is 3.99. The topological polar surface area (TPSA) is 79.3 Å². The highest BCUT2D eigenvalue weighted by Crippen LogP contribution is 2.25. The monoisotopic (exact) mass is 256 g/mol. The summed E-state index contributed by atoms with van der Waals surface area (Å²) < 4.78 is 0. The fourth-order valence-electron chi connectivity index (χ4n) is 1.78. The lowest BCUT2D eigenvalue weighted by atomic mass is 10.0. The number of hydrogen-bond donors (Lipinski definition) is 2. The summed E-state index contributed by atoms with van der Waals surface area (Å²) in [4.78, 5) is 26.0. The normalized spacial score (nSPS) is 9.95. The Hall–Kier alpha value is -2.69. The second kappa shape index (κ2) is 5.30. The minimum Gasteiger partial charge on any atom is -0.478 e. The van der Waals surface area contributed by atoms with E-state index in [4.69, 9.17) is 5.11 Å². The molecule has 5 nitrogen and oxygen atoms in total. The molecule has 0 aliphatic rings. The Labute approximate surface area is 109 Å². The highest BCUT2D eigenvalue weighted by molar-refractivity contribution is 5.96. The Morgan fingerprint density at radius 2 is 2.05 bits per heavy atom. The van der Waals surface area contributed by atoms with E-state index in [0.717, 1.165) is 0 Å². The zero-order valence-corrected chi connectivity index (χ0v) is 10.3. The van der Waals surface area contributed by atoms with Gasteiger partial charge < -0.3 is 10.4 Å². The van der Waals surface area contributed by atoms with Gasteiger partial charge in [-0.3, -0.25) is 9.78 Å². The SMILES string of the molecule is CC(=O)Nc1cccc(-c2ccncc2C(=O)O)c1. The summed E-state index contributed by atoms with van der Waals surface area (Å²) in [5.41, 5.74) is 2.03. The van der Waals surface area contributed by atoms with Crippen molar-refractivity contribution >= 4 is 17.6 Å². The fraction of sp³-hybridized carbons (Fsp3) is 0.0714. The van der Waals surface area contributed by atoms with Crippen LogP contribution in [0.1, 0.15) is 17.3 Å². The number of carboxylic acid groups (broad SMARTS) is 1. The summed E-state index contributed by atoms with van der Waals surface area (Å²) in [5, 5.41) is 11.8. The molecule has 2 rings (SSSR count). The van der Waals surface area contributed by atoms with Crippen LogP contribution in [0.4, 0.5) is 5.69 Å². The van der Waals surface area contributed by atoms with E-state index in [-0.39, 0.29) is 11.5 Å². The van der Waals surface area contributed by atoms with Gasteiger partial charge in [0, 0.05) is 25.0 Å². The molecule has 0 saturated carbocycles. The van der Waals surface area contributed by atoms with Crippen LogP contribution in [0.25, 0.3) is 11.1 Å². The molecule has 0 fully saturated rings. The highest BCUT2D eigenvalue weighted by atomic mass is 16.4. The Morgan fingerprint density at radius 3 is 2.74 bits per heavy atom. The first-order valence-electron chi connectivity index (χ1n) is 5.63. The first-order valence-corrected chi connectivity index (χ1v) is 5.63. The van der Waals surface area contributed by atoms with E-state index < -0.39 is 5.97 Å². The molecule has 2 aromatic rings. The number of amides is 1. The van der Waals surface area contributed by atoms with E-state index in [2.05, 4.69) is 10.3 Å². The lowest BCUT2D eigenvalue weighted by Crippen LogP contribution is -2.06. The Kier molecular flexibility index (Phi) is 3.56. The Bertz CT molecular complexity index is 638. The maximum atomic E-state index is 11.1. The van der Waals surface area contributed by atoms with E-state index in [9.17, 15) is 9.59 Å². The molecule has 0 bridgehead atoms. The van der Waals surface area contributed by atoms with Crippen molar-refractivity contribution in [2.45, 2.75) is 6.92 Å². The van der Waals surface area contributed by atoms with E-state index in [1.807, 2.05) is 0 Å². The average molecular weight is 256 g/mol. The molecule has 2 N–H and O–H groups in total. The standard InChI is InChI=1S/C14H12N2O3/c1-9(17)16-11-4-2-3-10(7-11)12-5-6-15-8-13(12)14(18)19/h2-8H,1H3,(H,16,17)(H,18,19). The van der Waals surface area contributed by atoms with Gasteiger partial charge in [0.15, 0.2) is 0 Å². The zero-order valence-electron chi connectivity index (χ0n) is 10.3. The third kappa shape index (κ3) is 2.95. The quantitative estimate of drug-likeness (QED) is 0.883. The number of nitrogens with one attached hydrogen (secondary N) is 1. The van der Waals surface area contributed by atoms with Crippen molar-refractivity contribution < 1.29 is 14.7 Å². The first-order chi connectivity index (χ1) is 9.08. The molecule has 1 amide bonds. The van der Waals surface area contributed by atoms with Gasteiger partial charge >= 0.3 is 5.97 Å². The van der Waals surface area contributed by atoms with E-state index in [0.29, 0.717) is 16.8 Å². The van der Waals surface area contributed by atoms with Crippen molar-refractivity contribution in [3.8, 4) is 11.1 Å². The molecule has 0 radical (unpaired) electrons. The van der Waals surface area contributed by atoms with Crippen LogP contribution in [0.5, 0.6) is 0 Å². The average Bonchev–Trinajstić information content (AvgIpc) is 2.38. The van der Waals surface area contributed by atoms with Gasteiger partial charge in [0.2, 0.25) is 5.91 Å². The van der Waals surface area contributed by atoms with Crippen molar-refractivity contribution in [3.63, 3.8) is 0 Å². The summed E-state index contributed by atoms with van der Waals surface area (Å²) in [6.07, 6.45) is 2.84. The molecular weight excluding hydrogens is 244 g/mol. The maximum absolute atomic E-state index is 11.1. The minimum absolute atomic E-state index is 0.127. The number of aromatic nitrogens is 1. The van der Waals surface area contributed by atoms with Crippen molar-refractivity contribution in [2.24, 2.45) is 0 Å². The van der Waals surface area contributed by atoms with Crippen LogP contribution in [0.15, 0.2) is 42.7 Å². The first kappa shape index (κ1) is 12.8. The van der Waals surface area contributed by atoms with Gasteiger partial charge in [-0.25, -0.2) is 4.79 Å². The number of hydrogen-bond acceptors (Lipinski definition) is 3. The van der Waals surface area contributed by atoms with E-state index in [1.54, 1.807) is 30.3 Å². The van der Waals surface area contributed by atoms with Gasteiger partial charge in [-0.15, -0.1) is 0 Å². The fourth-order valence-corrected chi connectivity index (χ4v) is 1.78. The third-order valence-corrected chi connectivity index (χ3v) is 2.55. The molecule has 96 valence electrons. The molecule has 0 spiro atoms. The van der Waals surface area contributed by atoms with Crippen molar-refractivity contribution in [3.05, 3.63) is 48.3 Å². The van der Waals surface area contributed by atoms with Crippen LogP contribution in [-0.4, -0.2) is 22.0 Å². The van der Waals surface area contributed by atoms with Gasteiger partial charge in [-0.2, -0.15) is 0 Å². The molecule has 1 aromatic carbocycles. The molecular formula is C14H12N2O3. The second-order valence-electron chi connectivity index (χ2n) is 3.99. The van der Waals surface area contributed by atoms with Crippen LogP contribution in [0.3, 0.4) is 0 Å². The number of carboxylic acids is 1. The van der Waals surface area contributed by atoms with Crippen LogP contribution in [-0.2, 0) is 4.79 Å². The molecule has 0 atom stereocenters. The zero-order chi connectivity index (χ0) is 13.8. The smallest absolute Gasteiger partial charge is 0.337 e. The minimum atomic E-state index is -1.03. The Balaban J connectivity index is 2.47. The van der Waals surface area contributed by atoms with Gasteiger partial charge in [-0.05, 0) is 29.3 Å². The van der Waals surface area contributed by atoms with Crippen LogP contribution in [0.2, 0.25) is 0 Å². The largest absolute Gasteiger partial charge is 0.478 e. The van der Waals surface area contributed by atoms with Gasteiger partial charge in [0.1, 0.15) is 0 Å². The van der Waals surface area contributed by atoms with Crippen LogP contribution < -0.4 is 5.32 Å². The number of anilines is 1. The van der Waals surface area contributed by atoms with Crippen molar-refractivity contribution in [1.82, 2.24) is 4.98 Å². The number of benzene rings is 1. The number of aromatic carboxylic acids is 1. The van der Waals surface area contributed by atoms with E-state index in [1.165, 1.54) is 19.3 Å². The number of pyridine rings is 1. The number of carbonyl (C=O) groups excluding carboxylic acids is 1. The maximum Gasteiger partial charge on any atom is 0.337 e. The molecule has 1 heterocycles. The molecule has 0 unspecified atom stereocenters. The highest BCUT2D eigenvalue weighted by Gasteiger charge is 2.11. The van der Waals surface area contributed by atoms with E-state index >= 15 is 0 Å². The summed E-state index contributed by atoms with van der Waals surface area (Å²) >= 11 is 0. The molecule has 0 aliphatic heterocycles. The number of nitrogens with zero attached hydrogens (tertiary/aromatic N) is 1. The molecule has 0 saturated heterocycles. The Morgan fingerprint density at radius 1 is 1.26 bits per heavy atom. The summed E-state index contributed by atoms with van der Waals surface area (Å²) in [6, 6.07) is 8.64. The summed E-state index contributed by atoms with van der Waals surface area (Å²) in [7, 11) is 0. The van der Waals surface area contributed by atoms with Crippen LogP contribution >= 0.6 is 0 Å². The predicted molar refractivity (Wildman–Crippen MR) is 70.9 cm³/mol. The molecule has 1 aromatic heterocycles. The summed E-state index contributed by atoms with van der Waals surface area (Å²) in [6.45, 7) is 1.42. The third-order valence-electron chi connectivity index (χ3n) is 2.55.